The quantitative estimate of drug-likeness (QED) is 0.824. The van der Waals surface area contributed by atoms with Gasteiger partial charge in [-0.1, -0.05) is 62.8 Å². The van der Waals surface area contributed by atoms with Crippen molar-refractivity contribution >= 4 is 18.0 Å². The summed E-state index contributed by atoms with van der Waals surface area (Å²) in [5, 5.41) is 3.37. The van der Waals surface area contributed by atoms with Crippen LogP contribution >= 0.6 is 12.2 Å². The van der Waals surface area contributed by atoms with Gasteiger partial charge in [-0.3, -0.25) is 0 Å². The number of nitrogens with one attached hydrogen (secondary N) is 2. The molecular weight excluding hydrogens is 266 g/mol. The minimum absolute atomic E-state index is 0.0465. The molecule has 0 unspecified atom stereocenters. The van der Waals surface area contributed by atoms with E-state index in [9.17, 15) is 0 Å². The summed E-state index contributed by atoms with van der Waals surface area (Å²) in [6, 6.07) is 10.4. The van der Waals surface area contributed by atoms with Crippen LogP contribution in [-0.2, 0) is 12.0 Å². The minimum atomic E-state index is -0.0465. The van der Waals surface area contributed by atoms with Gasteiger partial charge in [-0.05, 0) is 12.5 Å². The Bertz CT molecular complexity index is 636. The Morgan fingerprint density at radius 2 is 1.85 bits per heavy atom. The number of hydrogen-bond donors (Lipinski definition) is 2. The Morgan fingerprint density at radius 3 is 2.45 bits per heavy atom. The number of aryl methyl sites for hydroxylation is 1. The molecule has 1 aromatic heterocycles. The van der Waals surface area contributed by atoms with E-state index in [1.165, 1.54) is 11.1 Å². The first-order valence-electron chi connectivity index (χ1n) is 6.76. The third-order valence-electron chi connectivity index (χ3n) is 3.06. The third kappa shape index (κ3) is 3.90. The van der Waals surface area contributed by atoms with Crippen LogP contribution in [0.15, 0.2) is 30.3 Å². The van der Waals surface area contributed by atoms with Crippen molar-refractivity contribution in [3.63, 3.8) is 0 Å². The van der Waals surface area contributed by atoms with E-state index in [1.54, 1.807) is 0 Å². The van der Waals surface area contributed by atoms with Crippen LogP contribution in [-0.4, -0.2) is 9.97 Å². The highest BCUT2D eigenvalue weighted by molar-refractivity contribution is 7.71. The van der Waals surface area contributed by atoms with Gasteiger partial charge in [0.15, 0.2) is 0 Å². The molecule has 0 bridgehead atoms. The molecule has 0 radical (unpaired) electrons. The second kappa shape index (κ2) is 5.75. The summed E-state index contributed by atoms with van der Waals surface area (Å²) in [5.74, 6) is 1.81. The zero-order valence-electron chi connectivity index (χ0n) is 12.4. The average Bonchev–Trinajstić information content (AvgIpc) is 2.36. The maximum absolute atomic E-state index is 5.23. The van der Waals surface area contributed by atoms with E-state index in [0.717, 1.165) is 18.2 Å². The molecule has 2 N–H and O–H groups in total. The average molecular weight is 287 g/mol. The van der Waals surface area contributed by atoms with Crippen molar-refractivity contribution in [1.29, 1.82) is 0 Å². The van der Waals surface area contributed by atoms with Crippen LogP contribution < -0.4 is 5.32 Å². The number of benzene rings is 1. The van der Waals surface area contributed by atoms with Gasteiger partial charge in [0.2, 0.25) is 0 Å². The van der Waals surface area contributed by atoms with Crippen LogP contribution in [0.5, 0.6) is 0 Å². The highest BCUT2D eigenvalue weighted by Crippen LogP contribution is 2.19. The van der Waals surface area contributed by atoms with Crippen molar-refractivity contribution in [2.75, 3.05) is 5.32 Å². The molecule has 0 aliphatic rings. The molecule has 20 heavy (non-hydrogen) atoms. The maximum atomic E-state index is 5.23. The number of aromatic nitrogens is 2. The molecular formula is C16H21N3S. The number of H-pyrrole nitrogens is 1. The van der Waals surface area contributed by atoms with Gasteiger partial charge in [-0.15, -0.1) is 0 Å². The van der Waals surface area contributed by atoms with Crippen molar-refractivity contribution in [1.82, 2.24) is 9.97 Å². The Labute approximate surface area is 125 Å². The zero-order chi connectivity index (χ0) is 14.8. The topological polar surface area (TPSA) is 40.7 Å². The smallest absolute Gasteiger partial charge is 0.131 e. The Balaban J connectivity index is 2.15. The number of nitrogens with zero attached hydrogens (tertiary/aromatic N) is 1. The molecule has 1 aromatic carbocycles. The summed E-state index contributed by atoms with van der Waals surface area (Å²) in [5.41, 5.74) is 2.46. The molecule has 4 heteroatoms. The maximum Gasteiger partial charge on any atom is 0.131 e. The fraction of sp³-hybridized carbons (Fsp3) is 0.375. The van der Waals surface area contributed by atoms with Crippen LogP contribution in [0.2, 0.25) is 0 Å². The molecule has 106 valence electrons. The number of aromatic amines is 1. The molecule has 0 fully saturated rings. The summed E-state index contributed by atoms with van der Waals surface area (Å²) in [4.78, 5) is 7.71. The van der Waals surface area contributed by atoms with E-state index in [-0.39, 0.29) is 5.41 Å². The van der Waals surface area contributed by atoms with Crippen LogP contribution in [0.3, 0.4) is 0 Å². The summed E-state index contributed by atoms with van der Waals surface area (Å²) in [6.07, 6.45) is 0. The normalized spacial score (nSPS) is 11.4. The van der Waals surface area contributed by atoms with E-state index in [2.05, 4.69) is 67.2 Å². The molecule has 0 saturated carbocycles. The summed E-state index contributed by atoms with van der Waals surface area (Å²) in [7, 11) is 0. The standard InChI is InChI=1S/C16H21N3S/c1-11-5-7-12(8-6-11)10-17-13-9-14(20)19-15(18-13)16(2,3)4/h5-9H,10H2,1-4H3,(H2,17,18,19,20). The molecule has 0 aliphatic carbocycles. The number of rotatable bonds is 3. The SMILES string of the molecule is Cc1ccc(CNc2cc(=S)nc(C(C)(C)C)[nH]2)cc1. The molecule has 0 spiro atoms. The molecule has 3 nitrogen and oxygen atoms in total. The summed E-state index contributed by atoms with van der Waals surface area (Å²) in [6.45, 7) is 9.20. The van der Waals surface area contributed by atoms with E-state index >= 15 is 0 Å². The zero-order valence-corrected chi connectivity index (χ0v) is 13.3. The number of hydrogen-bond acceptors (Lipinski definition) is 3. The van der Waals surface area contributed by atoms with Crippen LogP contribution in [0.25, 0.3) is 0 Å². The lowest BCUT2D eigenvalue weighted by atomic mass is 9.96. The molecule has 0 aliphatic heterocycles. The lowest BCUT2D eigenvalue weighted by molar-refractivity contribution is 0.545. The summed E-state index contributed by atoms with van der Waals surface area (Å²) < 4.78 is 0.611. The van der Waals surface area contributed by atoms with Crippen LogP contribution in [0, 0.1) is 11.6 Å². The van der Waals surface area contributed by atoms with Gasteiger partial charge in [0.05, 0.1) is 0 Å². The second-order valence-corrected chi connectivity index (χ2v) is 6.49. The van der Waals surface area contributed by atoms with Crippen molar-refractivity contribution in [3.05, 3.63) is 51.9 Å². The van der Waals surface area contributed by atoms with Gasteiger partial charge < -0.3 is 10.3 Å². The fourth-order valence-electron chi connectivity index (χ4n) is 1.81. The van der Waals surface area contributed by atoms with Gasteiger partial charge in [0.1, 0.15) is 16.3 Å². The van der Waals surface area contributed by atoms with Gasteiger partial charge in [-0.25, -0.2) is 4.98 Å². The Hall–Kier alpha value is -1.68. The molecule has 1 heterocycles. The monoisotopic (exact) mass is 287 g/mol. The molecule has 0 saturated heterocycles. The lowest BCUT2D eigenvalue weighted by Gasteiger charge is -2.18. The fourth-order valence-corrected chi connectivity index (χ4v) is 2.02. The lowest BCUT2D eigenvalue weighted by Crippen LogP contribution is -2.17. The van der Waals surface area contributed by atoms with E-state index in [0.29, 0.717) is 4.64 Å². The first kappa shape index (κ1) is 14.7. The van der Waals surface area contributed by atoms with E-state index in [1.807, 2.05) is 6.07 Å². The van der Waals surface area contributed by atoms with Gasteiger partial charge in [0, 0.05) is 18.0 Å². The largest absolute Gasteiger partial charge is 0.367 e. The Kier molecular flexibility index (Phi) is 4.23. The minimum Gasteiger partial charge on any atom is -0.367 e. The van der Waals surface area contributed by atoms with Gasteiger partial charge >= 0.3 is 0 Å². The van der Waals surface area contributed by atoms with Crippen LogP contribution in [0.4, 0.5) is 5.82 Å². The molecule has 2 aromatic rings. The number of anilines is 1. The van der Waals surface area contributed by atoms with Gasteiger partial charge in [-0.2, -0.15) is 0 Å². The van der Waals surface area contributed by atoms with Gasteiger partial charge in [0.25, 0.3) is 0 Å². The molecule has 0 atom stereocenters. The highest BCUT2D eigenvalue weighted by atomic mass is 32.1. The van der Waals surface area contributed by atoms with Crippen molar-refractivity contribution in [2.45, 2.75) is 39.7 Å². The first-order valence-corrected chi connectivity index (χ1v) is 7.17. The predicted octanol–water partition coefficient (Wildman–Crippen LogP) is 4.36. The van der Waals surface area contributed by atoms with E-state index < -0.39 is 0 Å². The first-order chi connectivity index (χ1) is 9.34. The molecule has 2 rings (SSSR count). The third-order valence-corrected chi connectivity index (χ3v) is 3.27. The van der Waals surface area contributed by atoms with Crippen LogP contribution in [0.1, 0.15) is 37.7 Å². The summed E-state index contributed by atoms with van der Waals surface area (Å²) >= 11 is 5.23. The second-order valence-electron chi connectivity index (χ2n) is 6.07. The molecule has 0 amide bonds. The highest BCUT2D eigenvalue weighted by Gasteiger charge is 2.16. The van der Waals surface area contributed by atoms with Crippen molar-refractivity contribution < 1.29 is 0 Å². The Morgan fingerprint density at radius 1 is 1.20 bits per heavy atom. The van der Waals surface area contributed by atoms with Crippen molar-refractivity contribution in [2.24, 2.45) is 0 Å². The van der Waals surface area contributed by atoms with Crippen molar-refractivity contribution in [3.8, 4) is 0 Å². The predicted molar refractivity (Wildman–Crippen MR) is 86.6 cm³/mol. The van der Waals surface area contributed by atoms with E-state index in [4.69, 9.17) is 12.2 Å².